The molecule has 3 heterocycles. The van der Waals surface area contributed by atoms with E-state index in [9.17, 15) is 14.4 Å². The van der Waals surface area contributed by atoms with Crippen molar-refractivity contribution in [3.05, 3.63) is 75.2 Å². The second-order valence-corrected chi connectivity index (χ2v) is 12.0. The van der Waals surface area contributed by atoms with Gasteiger partial charge in [-0.25, -0.2) is 0 Å². The summed E-state index contributed by atoms with van der Waals surface area (Å²) in [5.41, 5.74) is -0.119. The van der Waals surface area contributed by atoms with Gasteiger partial charge in [-0.1, -0.05) is 84.4 Å². The van der Waals surface area contributed by atoms with Crippen LogP contribution in [0.3, 0.4) is 0 Å². The van der Waals surface area contributed by atoms with E-state index < -0.39 is 35.5 Å². The number of benzene rings is 2. The maximum atomic E-state index is 14.1. The monoisotopic (exact) mass is 587 g/mol. The molecule has 204 valence electrons. The summed E-state index contributed by atoms with van der Waals surface area (Å²) in [6, 6.07) is 11.1. The first-order valence-corrected chi connectivity index (χ1v) is 14.4. The van der Waals surface area contributed by atoms with Crippen molar-refractivity contribution in [3.63, 3.8) is 0 Å². The van der Waals surface area contributed by atoms with Gasteiger partial charge in [0.2, 0.25) is 17.7 Å². The minimum atomic E-state index is -1.25. The fourth-order valence-electron chi connectivity index (χ4n) is 6.63. The molecular weight excluding hydrogens is 561 g/mol. The van der Waals surface area contributed by atoms with Crippen molar-refractivity contribution in [3.8, 4) is 0 Å². The highest BCUT2D eigenvalue weighted by atomic mass is 35.5. The van der Waals surface area contributed by atoms with Crippen molar-refractivity contribution in [2.75, 3.05) is 5.32 Å². The number of anilines is 1. The highest BCUT2D eigenvalue weighted by Crippen LogP contribution is 2.55. The van der Waals surface area contributed by atoms with Crippen LogP contribution in [0.2, 0.25) is 15.1 Å². The fourth-order valence-corrected chi connectivity index (χ4v) is 7.35. The van der Waals surface area contributed by atoms with E-state index in [1.54, 1.807) is 36.4 Å². The first kappa shape index (κ1) is 26.6. The molecule has 4 aliphatic rings. The summed E-state index contributed by atoms with van der Waals surface area (Å²) >= 11 is 18.7. The minimum absolute atomic E-state index is 0.0493. The number of nitrogens with one attached hydrogen (secondary N) is 2. The van der Waals surface area contributed by atoms with Crippen LogP contribution >= 0.6 is 34.8 Å². The van der Waals surface area contributed by atoms with Crippen LogP contribution in [-0.2, 0) is 25.7 Å². The number of ether oxygens (including phenoxy) is 1. The maximum Gasteiger partial charge on any atom is 0.246 e. The molecule has 3 amide bonds. The molecule has 0 unspecified atom stereocenters. The Morgan fingerprint density at radius 3 is 2.44 bits per heavy atom. The third-order valence-electron chi connectivity index (χ3n) is 8.31. The molecule has 10 heteroatoms. The summed E-state index contributed by atoms with van der Waals surface area (Å²) < 4.78 is 6.41. The summed E-state index contributed by atoms with van der Waals surface area (Å²) in [4.78, 5) is 43.2. The standard InChI is InChI=1S/C29H28Cl3N3O4/c30-17-12-18(31)14-20(13-17)34-26(36)23-22-10-11-29(39-22)24(23)28(38)35(15-16-6-4-5-9-21(16)32)25(29)27(37)33-19-7-2-1-3-8-19/h4-6,9-14,19,22-25H,1-3,7-8,15H2,(H,33,37)(H,34,36)/t22-,23-,24-,25+,29-/m0/s1. The SMILES string of the molecule is O=C(Nc1cc(Cl)cc(Cl)c1)[C@H]1[C@@H]2C=C[C@]3(O2)[C@@H]1C(=O)N(Cc1ccccc1Cl)[C@@H]3C(=O)NC1CCCCC1. The molecule has 2 aromatic rings. The lowest BCUT2D eigenvalue weighted by Gasteiger charge is -2.34. The first-order chi connectivity index (χ1) is 18.8. The third kappa shape index (κ3) is 4.73. The van der Waals surface area contributed by atoms with Crippen LogP contribution in [0.15, 0.2) is 54.6 Å². The van der Waals surface area contributed by atoms with Crippen molar-refractivity contribution in [2.24, 2.45) is 11.8 Å². The van der Waals surface area contributed by atoms with Gasteiger partial charge in [0.15, 0.2) is 0 Å². The van der Waals surface area contributed by atoms with Crippen molar-refractivity contribution >= 4 is 58.2 Å². The van der Waals surface area contributed by atoms with Crippen LogP contribution in [0.1, 0.15) is 37.7 Å². The Labute approximate surface area is 241 Å². The fraction of sp³-hybridized carbons (Fsp3) is 0.414. The molecule has 2 bridgehead atoms. The average Bonchev–Trinajstić information content (AvgIpc) is 3.53. The molecule has 0 aromatic heterocycles. The van der Waals surface area contributed by atoms with Crippen LogP contribution in [-0.4, -0.2) is 46.4 Å². The van der Waals surface area contributed by atoms with Crippen LogP contribution in [0.5, 0.6) is 0 Å². The zero-order valence-corrected chi connectivity index (χ0v) is 23.3. The Bertz CT molecular complexity index is 1340. The summed E-state index contributed by atoms with van der Waals surface area (Å²) in [6.45, 7) is 0.125. The normalized spacial score (nSPS) is 29.5. The molecule has 1 aliphatic carbocycles. The predicted octanol–water partition coefficient (Wildman–Crippen LogP) is 5.39. The second kappa shape index (κ2) is 10.4. The number of carbonyl (C=O) groups is 3. The van der Waals surface area contributed by atoms with Crippen molar-refractivity contribution in [1.82, 2.24) is 10.2 Å². The number of rotatable bonds is 6. The maximum absolute atomic E-state index is 14.1. The van der Waals surface area contributed by atoms with Gasteiger partial charge < -0.3 is 20.3 Å². The van der Waals surface area contributed by atoms with Crippen LogP contribution in [0, 0.1) is 11.8 Å². The van der Waals surface area contributed by atoms with E-state index in [-0.39, 0.29) is 24.4 Å². The van der Waals surface area contributed by atoms with Crippen LogP contribution in [0.4, 0.5) is 5.69 Å². The van der Waals surface area contributed by atoms with Gasteiger partial charge in [0.25, 0.3) is 0 Å². The molecule has 2 aromatic carbocycles. The smallest absolute Gasteiger partial charge is 0.246 e. The molecule has 2 N–H and O–H groups in total. The average molecular weight is 589 g/mol. The molecular formula is C29H28Cl3N3O4. The Morgan fingerprint density at radius 2 is 1.72 bits per heavy atom. The lowest BCUT2D eigenvalue weighted by Crippen LogP contribution is -2.56. The number of likely N-dealkylation sites (tertiary alicyclic amines) is 1. The van der Waals surface area contributed by atoms with Crippen LogP contribution < -0.4 is 10.6 Å². The Morgan fingerprint density at radius 1 is 1.00 bits per heavy atom. The number of hydrogen-bond donors (Lipinski definition) is 2. The van der Waals surface area contributed by atoms with Crippen LogP contribution in [0.25, 0.3) is 0 Å². The molecule has 6 rings (SSSR count). The number of fused-ring (bicyclic) bond motifs is 1. The second-order valence-electron chi connectivity index (χ2n) is 10.7. The molecule has 39 heavy (non-hydrogen) atoms. The molecule has 1 spiro atoms. The summed E-state index contributed by atoms with van der Waals surface area (Å²) in [5.74, 6) is -2.67. The Hall–Kier alpha value is -2.58. The van der Waals surface area contributed by atoms with E-state index in [0.717, 1.165) is 32.1 Å². The van der Waals surface area contributed by atoms with E-state index in [1.165, 1.54) is 4.90 Å². The molecule has 5 atom stereocenters. The van der Waals surface area contributed by atoms with Gasteiger partial charge in [-0.3, -0.25) is 14.4 Å². The zero-order chi connectivity index (χ0) is 27.3. The number of amides is 3. The van der Waals surface area contributed by atoms with Crippen molar-refractivity contribution in [2.45, 2.75) is 62.4 Å². The molecule has 3 aliphatic heterocycles. The molecule has 7 nitrogen and oxygen atoms in total. The highest BCUT2D eigenvalue weighted by Gasteiger charge is 2.72. The largest absolute Gasteiger partial charge is 0.359 e. The summed E-state index contributed by atoms with van der Waals surface area (Å²) in [6.07, 6.45) is 8.03. The van der Waals surface area contributed by atoms with Gasteiger partial charge in [-0.2, -0.15) is 0 Å². The minimum Gasteiger partial charge on any atom is -0.359 e. The molecule has 1 saturated carbocycles. The van der Waals surface area contributed by atoms with Gasteiger partial charge in [0, 0.05) is 33.3 Å². The number of halogens is 3. The van der Waals surface area contributed by atoms with E-state index >= 15 is 0 Å². The van der Waals surface area contributed by atoms with Crippen molar-refractivity contribution in [1.29, 1.82) is 0 Å². The molecule has 2 saturated heterocycles. The predicted molar refractivity (Wildman–Crippen MR) is 150 cm³/mol. The summed E-state index contributed by atoms with van der Waals surface area (Å²) in [7, 11) is 0. The molecule has 0 radical (unpaired) electrons. The van der Waals surface area contributed by atoms with Gasteiger partial charge >= 0.3 is 0 Å². The van der Waals surface area contributed by atoms with E-state index in [4.69, 9.17) is 39.5 Å². The van der Waals surface area contributed by atoms with E-state index in [0.29, 0.717) is 26.3 Å². The third-order valence-corrected chi connectivity index (χ3v) is 9.11. The zero-order valence-electron chi connectivity index (χ0n) is 21.0. The van der Waals surface area contributed by atoms with Gasteiger partial charge in [0.05, 0.1) is 17.9 Å². The molecule has 3 fully saturated rings. The van der Waals surface area contributed by atoms with Gasteiger partial charge in [-0.15, -0.1) is 0 Å². The van der Waals surface area contributed by atoms with E-state index in [2.05, 4.69) is 10.6 Å². The van der Waals surface area contributed by atoms with Crippen molar-refractivity contribution < 1.29 is 19.1 Å². The lowest BCUT2D eigenvalue weighted by molar-refractivity contribution is -0.142. The first-order valence-electron chi connectivity index (χ1n) is 13.3. The number of hydrogen-bond acceptors (Lipinski definition) is 4. The Kier molecular flexibility index (Phi) is 7.12. The quantitative estimate of drug-likeness (QED) is 0.444. The number of nitrogens with zero attached hydrogens (tertiary/aromatic N) is 1. The summed E-state index contributed by atoms with van der Waals surface area (Å²) in [5, 5.41) is 7.29. The van der Waals surface area contributed by atoms with Gasteiger partial charge in [-0.05, 0) is 42.7 Å². The highest BCUT2D eigenvalue weighted by molar-refractivity contribution is 6.35. The lowest BCUT2D eigenvalue weighted by atomic mass is 9.74. The Balaban J connectivity index is 1.34. The van der Waals surface area contributed by atoms with Gasteiger partial charge in [0.1, 0.15) is 11.6 Å². The van der Waals surface area contributed by atoms with E-state index in [1.807, 2.05) is 18.2 Å². The number of carbonyl (C=O) groups excluding carboxylic acids is 3. The topological polar surface area (TPSA) is 87.7 Å².